The first-order valence-electron chi connectivity index (χ1n) is 3.99. The third kappa shape index (κ3) is 4.46. The molecule has 0 unspecified atom stereocenters. The van der Waals surface area contributed by atoms with Crippen molar-refractivity contribution in [2.45, 2.75) is 20.3 Å². The van der Waals surface area contributed by atoms with E-state index in [2.05, 4.69) is 6.92 Å². The second kappa shape index (κ2) is 6.19. The summed E-state index contributed by atoms with van der Waals surface area (Å²) in [6.07, 6.45) is 1.00. The molecule has 66 valence electrons. The van der Waals surface area contributed by atoms with E-state index in [1.807, 2.05) is 12.1 Å². The first kappa shape index (κ1) is 12.7. The molecule has 0 saturated carbocycles. The topological polar surface area (TPSA) is 26.3 Å². The minimum atomic E-state index is -0.278. The van der Waals surface area contributed by atoms with Crippen LogP contribution >= 0.6 is 0 Å². The zero-order chi connectivity index (χ0) is 8.97. The summed E-state index contributed by atoms with van der Waals surface area (Å²) in [5.74, 6) is 0.332. The van der Waals surface area contributed by atoms with Crippen molar-refractivity contribution in [2.24, 2.45) is 0 Å². The molecule has 2 nitrogen and oxygen atoms in total. The molecular weight excluding hydrogens is 175 g/mol. The Hall–Kier alpha value is -0.310. The number of rotatable bonds is 2. The summed E-state index contributed by atoms with van der Waals surface area (Å²) in [4.78, 5) is 10.5. The van der Waals surface area contributed by atoms with Crippen molar-refractivity contribution in [2.75, 3.05) is 0 Å². The summed E-state index contributed by atoms with van der Waals surface area (Å²) in [6.45, 7) is 3.48. The first-order valence-corrected chi connectivity index (χ1v) is 3.99. The van der Waals surface area contributed by atoms with Gasteiger partial charge < -0.3 is 4.74 Å². The fourth-order valence-electron chi connectivity index (χ4n) is 0.959. The number of carbonyl (C=O) groups is 1. The Morgan fingerprint density at radius 2 is 1.85 bits per heavy atom. The molecule has 1 aromatic carbocycles. The van der Waals surface area contributed by atoms with Crippen molar-refractivity contribution >= 4 is 35.5 Å². The molecule has 13 heavy (non-hydrogen) atoms. The van der Waals surface area contributed by atoms with Crippen LogP contribution in [0.5, 0.6) is 5.75 Å². The van der Waals surface area contributed by atoms with Gasteiger partial charge in [-0.3, -0.25) is 4.79 Å². The monoisotopic (exact) mass is 188 g/mol. The van der Waals surface area contributed by atoms with Crippen LogP contribution in [0.15, 0.2) is 24.3 Å². The molecular formula is C10H13NaO2. The molecule has 0 fully saturated rings. The molecule has 0 aliphatic rings. The zero-order valence-corrected chi connectivity index (χ0v) is 7.33. The molecule has 3 heteroatoms. The summed E-state index contributed by atoms with van der Waals surface area (Å²) in [5.41, 5.74) is 1.24. The standard InChI is InChI=1S/C10H12O2.Na.H/c1-3-9-4-6-10(7-5-9)12-8(2)11;;/h4-7H,3H2,1-2H3;;. The first-order chi connectivity index (χ1) is 5.72. The Morgan fingerprint density at radius 3 is 2.23 bits per heavy atom. The zero-order valence-electron chi connectivity index (χ0n) is 7.33. The van der Waals surface area contributed by atoms with Crippen LogP contribution in [0, 0.1) is 0 Å². The average Bonchev–Trinajstić information content (AvgIpc) is 2.05. The number of benzene rings is 1. The summed E-state index contributed by atoms with van der Waals surface area (Å²) in [6, 6.07) is 7.52. The number of hydrogen-bond acceptors (Lipinski definition) is 2. The van der Waals surface area contributed by atoms with E-state index < -0.39 is 0 Å². The summed E-state index contributed by atoms with van der Waals surface area (Å²) in [7, 11) is 0. The molecule has 0 bridgehead atoms. The maximum atomic E-state index is 10.5. The van der Waals surface area contributed by atoms with Crippen molar-refractivity contribution in [1.29, 1.82) is 0 Å². The van der Waals surface area contributed by atoms with Crippen LogP contribution in [-0.2, 0) is 11.2 Å². The number of aryl methyl sites for hydroxylation is 1. The van der Waals surface area contributed by atoms with Crippen molar-refractivity contribution in [3.8, 4) is 5.75 Å². The molecule has 0 aliphatic carbocycles. The fraction of sp³-hybridized carbons (Fsp3) is 0.300. The van der Waals surface area contributed by atoms with E-state index in [1.54, 1.807) is 12.1 Å². The van der Waals surface area contributed by atoms with E-state index in [1.165, 1.54) is 12.5 Å². The van der Waals surface area contributed by atoms with E-state index in [0.29, 0.717) is 5.75 Å². The molecule has 1 rings (SSSR count). The van der Waals surface area contributed by atoms with Crippen LogP contribution in [0.3, 0.4) is 0 Å². The van der Waals surface area contributed by atoms with Crippen LogP contribution in [0.2, 0.25) is 0 Å². The van der Waals surface area contributed by atoms with Crippen LogP contribution < -0.4 is 4.74 Å². The Bertz CT molecular complexity index is 267. The quantitative estimate of drug-likeness (QED) is 0.399. The van der Waals surface area contributed by atoms with Gasteiger partial charge in [-0.2, -0.15) is 0 Å². The second-order valence-electron chi connectivity index (χ2n) is 2.59. The van der Waals surface area contributed by atoms with Gasteiger partial charge in [-0.15, -0.1) is 0 Å². The van der Waals surface area contributed by atoms with E-state index >= 15 is 0 Å². The van der Waals surface area contributed by atoms with Gasteiger partial charge >= 0.3 is 35.5 Å². The normalized spacial score (nSPS) is 8.77. The summed E-state index contributed by atoms with van der Waals surface area (Å²) >= 11 is 0. The van der Waals surface area contributed by atoms with Gasteiger partial charge in [0, 0.05) is 6.92 Å². The van der Waals surface area contributed by atoms with Gasteiger partial charge in [0.15, 0.2) is 0 Å². The average molecular weight is 188 g/mol. The van der Waals surface area contributed by atoms with Gasteiger partial charge in [0.1, 0.15) is 5.75 Å². The van der Waals surface area contributed by atoms with E-state index in [4.69, 9.17) is 4.74 Å². The van der Waals surface area contributed by atoms with Gasteiger partial charge in [-0.25, -0.2) is 0 Å². The maximum absolute atomic E-state index is 10.5. The number of esters is 1. The summed E-state index contributed by atoms with van der Waals surface area (Å²) < 4.78 is 4.87. The molecule has 0 aliphatic heterocycles. The molecule has 0 amide bonds. The molecule has 0 saturated heterocycles. The Labute approximate surface area is 101 Å². The predicted octanol–water partition coefficient (Wildman–Crippen LogP) is 1.53. The summed E-state index contributed by atoms with van der Waals surface area (Å²) in [5, 5.41) is 0. The number of hydrogen-bond donors (Lipinski definition) is 0. The number of ether oxygens (including phenoxy) is 1. The third-order valence-corrected chi connectivity index (χ3v) is 1.59. The molecule has 0 N–H and O–H groups in total. The van der Waals surface area contributed by atoms with Gasteiger partial charge in [0.05, 0.1) is 0 Å². The molecule has 0 radical (unpaired) electrons. The second-order valence-corrected chi connectivity index (χ2v) is 2.59. The molecule has 0 heterocycles. The van der Waals surface area contributed by atoms with Crippen molar-refractivity contribution in [3.05, 3.63) is 29.8 Å². The van der Waals surface area contributed by atoms with Gasteiger partial charge in [-0.1, -0.05) is 19.1 Å². The van der Waals surface area contributed by atoms with Gasteiger partial charge in [0.2, 0.25) is 0 Å². The number of carbonyl (C=O) groups excluding carboxylic acids is 1. The van der Waals surface area contributed by atoms with Crippen molar-refractivity contribution < 1.29 is 9.53 Å². The fourth-order valence-corrected chi connectivity index (χ4v) is 0.959. The van der Waals surface area contributed by atoms with Gasteiger partial charge in [-0.05, 0) is 24.1 Å². The third-order valence-electron chi connectivity index (χ3n) is 1.59. The molecule has 0 spiro atoms. The Morgan fingerprint density at radius 1 is 1.31 bits per heavy atom. The minimum absolute atomic E-state index is 0. The molecule has 0 aromatic heterocycles. The van der Waals surface area contributed by atoms with E-state index in [0.717, 1.165) is 6.42 Å². The molecule has 1 aromatic rings. The van der Waals surface area contributed by atoms with Crippen molar-refractivity contribution in [3.63, 3.8) is 0 Å². The Kier molecular flexibility index (Phi) is 6.04. The predicted molar refractivity (Wildman–Crippen MR) is 54.3 cm³/mol. The van der Waals surface area contributed by atoms with Crippen LogP contribution in [-0.4, -0.2) is 35.5 Å². The van der Waals surface area contributed by atoms with E-state index in [-0.39, 0.29) is 35.5 Å². The van der Waals surface area contributed by atoms with Crippen LogP contribution in [0.1, 0.15) is 19.4 Å². The van der Waals surface area contributed by atoms with Crippen molar-refractivity contribution in [1.82, 2.24) is 0 Å². The van der Waals surface area contributed by atoms with E-state index in [9.17, 15) is 4.79 Å². The SMILES string of the molecule is CCc1ccc(OC(C)=O)cc1.[NaH]. The van der Waals surface area contributed by atoms with Gasteiger partial charge in [0.25, 0.3) is 0 Å². The van der Waals surface area contributed by atoms with Crippen LogP contribution in [0.4, 0.5) is 0 Å². The van der Waals surface area contributed by atoms with Crippen LogP contribution in [0.25, 0.3) is 0 Å². The molecule has 0 atom stereocenters. The Balaban J connectivity index is 0.00000144.